The lowest BCUT2D eigenvalue weighted by molar-refractivity contribution is -0.129. The molecule has 1 unspecified atom stereocenters. The molecule has 0 aliphatic heterocycles. The summed E-state index contributed by atoms with van der Waals surface area (Å²) in [6.45, 7) is 3.98. The number of thiazole rings is 1. The summed E-state index contributed by atoms with van der Waals surface area (Å²) in [6, 6.07) is 12.3. The SMILES string of the molecule is Cc1nc(COc2ccc(C(=O)OC(C)C(=O)NCc3ccc(F)cc3)cc2)cs1. The second kappa shape index (κ2) is 9.98. The molecule has 1 heterocycles. The summed E-state index contributed by atoms with van der Waals surface area (Å²) in [7, 11) is 0. The summed E-state index contributed by atoms with van der Waals surface area (Å²) < 4.78 is 23.8. The highest BCUT2D eigenvalue weighted by molar-refractivity contribution is 7.09. The third-order valence-corrected chi connectivity index (χ3v) is 5.00. The zero-order valence-corrected chi connectivity index (χ0v) is 17.4. The second-order valence-corrected chi connectivity index (χ2v) is 7.62. The molecule has 1 atom stereocenters. The Balaban J connectivity index is 1.46. The Labute approximate surface area is 177 Å². The van der Waals surface area contributed by atoms with Gasteiger partial charge in [0.15, 0.2) is 6.10 Å². The molecule has 0 aliphatic carbocycles. The lowest BCUT2D eigenvalue weighted by Crippen LogP contribution is -2.35. The third-order valence-electron chi connectivity index (χ3n) is 4.18. The summed E-state index contributed by atoms with van der Waals surface area (Å²) in [5, 5.41) is 5.56. The van der Waals surface area contributed by atoms with Crippen LogP contribution in [0, 0.1) is 12.7 Å². The fourth-order valence-corrected chi connectivity index (χ4v) is 3.13. The average Bonchev–Trinajstić information content (AvgIpc) is 3.17. The lowest BCUT2D eigenvalue weighted by Gasteiger charge is -2.14. The van der Waals surface area contributed by atoms with Crippen molar-refractivity contribution in [1.82, 2.24) is 10.3 Å². The zero-order valence-electron chi connectivity index (χ0n) is 16.6. The molecule has 2 aromatic carbocycles. The van der Waals surface area contributed by atoms with Crippen molar-refractivity contribution in [1.29, 1.82) is 0 Å². The fourth-order valence-electron chi connectivity index (χ4n) is 2.54. The van der Waals surface area contributed by atoms with Crippen LogP contribution in [0.15, 0.2) is 53.9 Å². The number of aryl methyl sites for hydroxylation is 1. The van der Waals surface area contributed by atoms with Crippen LogP contribution < -0.4 is 10.1 Å². The van der Waals surface area contributed by atoms with Gasteiger partial charge in [-0.25, -0.2) is 14.2 Å². The van der Waals surface area contributed by atoms with Gasteiger partial charge >= 0.3 is 5.97 Å². The van der Waals surface area contributed by atoms with Crippen LogP contribution in [0.1, 0.15) is 33.5 Å². The molecule has 156 valence electrons. The highest BCUT2D eigenvalue weighted by Crippen LogP contribution is 2.16. The number of hydrogen-bond acceptors (Lipinski definition) is 6. The van der Waals surface area contributed by atoms with Crippen LogP contribution in [0.25, 0.3) is 0 Å². The standard InChI is InChI=1S/C22H21FN2O4S/c1-14(21(26)24-11-16-3-7-18(23)8-4-16)29-22(27)17-5-9-20(10-6-17)28-12-19-13-30-15(2)25-19/h3-10,13-14H,11-12H2,1-2H3,(H,24,26). The van der Waals surface area contributed by atoms with Crippen molar-refractivity contribution in [2.24, 2.45) is 0 Å². The normalized spacial score (nSPS) is 11.6. The summed E-state index contributed by atoms with van der Waals surface area (Å²) >= 11 is 1.56. The first-order valence-corrected chi connectivity index (χ1v) is 10.2. The second-order valence-electron chi connectivity index (χ2n) is 6.56. The molecule has 3 rings (SSSR count). The molecule has 6 nitrogen and oxygen atoms in total. The Morgan fingerprint density at radius 3 is 2.47 bits per heavy atom. The van der Waals surface area contributed by atoms with Crippen molar-refractivity contribution < 1.29 is 23.5 Å². The minimum absolute atomic E-state index is 0.214. The number of halogens is 1. The van der Waals surface area contributed by atoms with Gasteiger partial charge in [0, 0.05) is 11.9 Å². The molecule has 30 heavy (non-hydrogen) atoms. The maximum atomic E-state index is 12.9. The van der Waals surface area contributed by atoms with Crippen molar-refractivity contribution >= 4 is 23.2 Å². The molecule has 0 fully saturated rings. The smallest absolute Gasteiger partial charge is 0.338 e. The largest absolute Gasteiger partial charge is 0.487 e. The number of rotatable bonds is 8. The number of benzene rings is 2. The van der Waals surface area contributed by atoms with Gasteiger partial charge in [0.1, 0.15) is 18.2 Å². The average molecular weight is 428 g/mol. The Morgan fingerprint density at radius 1 is 1.13 bits per heavy atom. The fraction of sp³-hybridized carbons (Fsp3) is 0.227. The van der Waals surface area contributed by atoms with Gasteiger partial charge in [0.05, 0.1) is 16.3 Å². The van der Waals surface area contributed by atoms with Gasteiger partial charge < -0.3 is 14.8 Å². The number of hydrogen-bond donors (Lipinski definition) is 1. The summed E-state index contributed by atoms with van der Waals surface area (Å²) in [4.78, 5) is 28.7. The van der Waals surface area contributed by atoms with E-state index in [1.807, 2.05) is 12.3 Å². The first-order chi connectivity index (χ1) is 14.4. The predicted octanol–water partition coefficient (Wildman–Crippen LogP) is 4.03. The number of carbonyl (C=O) groups excluding carboxylic acids is 2. The summed E-state index contributed by atoms with van der Waals surface area (Å²) in [5.41, 5.74) is 1.90. The van der Waals surface area contributed by atoms with Gasteiger partial charge in [-0.2, -0.15) is 0 Å². The van der Waals surface area contributed by atoms with Crippen LogP contribution in [-0.4, -0.2) is 23.0 Å². The number of carbonyl (C=O) groups is 2. The number of nitrogens with zero attached hydrogens (tertiary/aromatic N) is 1. The van der Waals surface area contributed by atoms with E-state index in [2.05, 4.69) is 10.3 Å². The first kappa shape index (κ1) is 21.4. The Kier molecular flexibility index (Phi) is 7.13. The van der Waals surface area contributed by atoms with Crippen molar-refractivity contribution in [2.75, 3.05) is 0 Å². The van der Waals surface area contributed by atoms with Crippen molar-refractivity contribution in [3.63, 3.8) is 0 Å². The molecule has 0 spiro atoms. The molecule has 1 N–H and O–H groups in total. The van der Waals surface area contributed by atoms with E-state index in [4.69, 9.17) is 9.47 Å². The molecular weight excluding hydrogens is 407 g/mol. The molecule has 0 saturated carbocycles. The monoisotopic (exact) mass is 428 g/mol. The molecule has 0 radical (unpaired) electrons. The number of esters is 1. The third kappa shape index (κ3) is 6.12. The van der Waals surface area contributed by atoms with Crippen LogP contribution in [0.3, 0.4) is 0 Å². The molecule has 1 amide bonds. The Hall–Kier alpha value is -3.26. The van der Waals surface area contributed by atoms with E-state index in [0.29, 0.717) is 17.9 Å². The molecule has 0 bridgehead atoms. The van der Waals surface area contributed by atoms with Crippen molar-refractivity contribution in [3.8, 4) is 5.75 Å². The van der Waals surface area contributed by atoms with Gasteiger partial charge in [-0.1, -0.05) is 12.1 Å². The number of ether oxygens (including phenoxy) is 2. The Bertz CT molecular complexity index is 1000. The van der Waals surface area contributed by atoms with E-state index in [1.54, 1.807) is 47.7 Å². The number of aromatic nitrogens is 1. The van der Waals surface area contributed by atoms with Crippen LogP contribution in [0.4, 0.5) is 4.39 Å². The van der Waals surface area contributed by atoms with Gasteiger partial charge in [-0.05, 0) is 55.8 Å². The maximum absolute atomic E-state index is 12.9. The Morgan fingerprint density at radius 2 is 1.83 bits per heavy atom. The van der Waals surface area contributed by atoms with E-state index < -0.39 is 18.0 Å². The van der Waals surface area contributed by atoms with Crippen LogP contribution in [0.2, 0.25) is 0 Å². The first-order valence-electron chi connectivity index (χ1n) is 9.27. The summed E-state index contributed by atoms with van der Waals surface area (Å²) in [6.07, 6.45) is -0.971. The summed E-state index contributed by atoms with van der Waals surface area (Å²) in [5.74, 6) is -0.795. The number of amides is 1. The van der Waals surface area contributed by atoms with E-state index in [-0.39, 0.29) is 12.4 Å². The van der Waals surface area contributed by atoms with E-state index >= 15 is 0 Å². The van der Waals surface area contributed by atoms with Gasteiger partial charge in [0.25, 0.3) is 5.91 Å². The lowest BCUT2D eigenvalue weighted by atomic mass is 10.2. The maximum Gasteiger partial charge on any atom is 0.338 e. The number of nitrogens with one attached hydrogen (secondary N) is 1. The van der Waals surface area contributed by atoms with E-state index in [0.717, 1.165) is 16.3 Å². The molecule has 8 heteroatoms. The van der Waals surface area contributed by atoms with E-state index in [9.17, 15) is 14.0 Å². The molecule has 3 aromatic rings. The molecule has 0 aliphatic rings. The zero-order chi connectivity index (χ0) is 21.5. The highest BCUT2D eigenvalue weighted by Gasteiger charge is 2.18. The highest BCUT2D eigenvalue weighted by atomic mass is 32.1. The quantitative estimate of drug-likeness (QED) is 0.548. The van der Waals surface area contributed by atoms with Crippen molar-refractivity contribution in [3.05, 3.63) is 81.6 Å². The van der Waals surface area contributed by atoms with Crippen LogP contribution in [0.5, 0.6) is 5.75 Å². The minimum Gasteiger partial charge on any atom is -0.487 e. The minimum atomic E-state index is -0.971. The van der Waals surface area contributed by atoms with E-state index in [1.165, 1.54) is 19.1 Å². The molecule has 1 aromatic heterocycles. The van der Waals surface area contributed by atoms with Gasteiger partial charge in [-0.3, -0.25) is 4.79 Å². The van der Waals surface area contributed by atoms with Gasteiger partial charge in [0.2, 0.25) is 0 Å². The van der Waals surface area contributed by atoms with Crippen LogP contribution in [-0.2, 0) is 22.7 Å². The van der Waals surface area contributed by atoms with Crippen LogP contribution >= 0.6 is 11.3 Å². The van der Waals surface area contributed by atoms with Crippen molar-refractivity contribution in [2.45, 2.75) is 33.1 Å². The molecule has 0 saturated heterocycles. The topological polar surface area (TPSA) is 77.5 Å². The predicted molar refractivity (Wildman–Crippen MR) is 111 cm³/mol. The molecular formula is C22H21FN2O4S. The van der Waals surface area contributed by atoms with Gasteiger partial charge in [-0.15, -0.1) is 11.3 Å².